The van der Waals surface area contributed by atoms with Gasteiger partial charge in [-0.1, -0.05) is 23.7 Å². The van der Waals surface area contributed by atoms with Crippen molar-refractivity contribution >= 4 is 34.9 Å². The van der Waals surface area contributed by atoms with Crippen LogP contribution in [0.1, 0.15) is 43.6 Å². The lowest BCUT2D eigenvalue weighted by Gasteiger charge is -2.16. The third kappa shape index (κ3) is 5.91. The molecule has 0 fully saturated rings. The SMILES string of the molecule is COc1ccc(C(C)=O)cc1COC(=O)c1cc(OC)c(OC)cc1NC(=O)c1ccccc1Cl. The molecule has 0 aliphatic rings. The Bertz CT molecular complexity index is 1270. The highest BCUT2D eigenvalue weighted by Crippen LogP contribution is 2.34. The number of benzene rings is 3. The van der Waals surface area contributed by atoms with Crippen LogP contribution in [0.25, 0.3) is 0 Å². The molecule has 0 heterocycles. The van der Waals surface area contributed by atoms with Crippen molar-refractivity contribution in [2.45, 2.75) is 13.5 Å². The molecule has 35 heavy (non-hydrogen) atoms. The van der Waals surface area contributed by atoms with Gasteiger partial charge in [0.15, 0.2) is 17.3 Å². The minimum absolute atomic E-state index is 0.0322. The lowest BCUT2D eigenvalue weighted by molar-refractivity contribution is 0.0471. The van der Waals surface area contributed by atoms with Gasteiger partial charge in [0.05, 0.1) is 43.2 Å². The topological polar surface area (TPSA) is 100 Å². The van der Waals surface area contributed by atoms with Crippen LogP contribution >= 0.6 is 11.6 Å². The van der Waals surface area contributed by atoms with Crippen molar-refractivity contribution in [1.82, 2.24) is 0 Å². The number of ether oxygens (including phenoxy) is 4. The first-order valence-electron chi connectivity index (χ1n) is 10.5. The van der Waals surface area contributed by atoms with E-state index in [0.717, 1.165) is 0 Å². The summed E-state index contributed by atoms with van der Waals surface area (Å²) in [6.45, 7) is 1.27. The summed E-state index contributed by atoms with van der Waals surface area (Å²) in [6, 6.07) is 14.2. The number of nitrogens with one attached hydrogen (secondary N) is 1. The molecule has 0 bridgehead atoms. The zero-order valence-corrected chi connectivity index (χ0v) is 20.4. The molecule has 0 aliphatic carbocycles. The fourth-order valence-corrected chi connectivity index (χ4v) is 3.54. The lowest BCUT2D eigenvalue weighted by Crippen LogP contribution is -2.17. The van der Waals surface area contributed by atoms with Crippen LogP contribution in [0.15, 0.2) is 54.6 Å². The molecule has 0 unspecified atom stereocenters. The minimum Gasteiger partial charge on any atom is -0.496 e. The summed E-state index contributed by atoms with van der Waals surface area (Å²) in [5.74, 6) is -0.365. The molecule has 8 nitrogen and oxygen atoms in total. The fraction of sp³-hybridized carbons (Fsp3) is 0.192. The largest absolute Gasteiger partial charge is 0.496 e. The number of ketones is 1. The van der Waals surface area contributed by atoms with Gasteiger partial charge in [-0.25, -0.2) is 4.79 Å². The van der Waals surface area contributed by atoms with Gasteiger partial charge >= 0.3 is 5.97 Å². The van der Waals surface area contributed by atoms with Gasteiger partial charge in [-0.3, -0.25) is 9.59 Å². The number of halogens is 1. The summed E-state index contributed by atoms with van der Waals surface area (Å²) in [6.07, 6.45) is 0. The van der Waals surface area contributed by atoms with E-state index in [2.05, 4.69) is 5.32 Å². The molecular weight excluding hydrogens is 474 g/mol. The van der Waals surface area contributed by atoms with Gasteiger partial charge < -0.3 is 24.3 Å². The molecule has 0 atom stereocenters. The highest BCUT2D eigenvalue weighted by Gasteiger charge is 2.22. The van der Waals surface area contributed by atoms with Gasteiger partial charge in [0.1, 0.15) is 12.4 Å². The van der Waals surface area contributed by atoms with E-state index in [4.69, 9.17) is 30.5 Å². The number of hydrogen-bond donors (Lipinski definition) is 1. The van der Waals surface area contributed by atoms with Crippen LogP contribution < -0.4 is 19.5 Å². The summed E-state index contributed by atoms with van der Waals surface area (Å²) >= 11 is 6.14. The Balaban J connectivity index is 1.93. The van der Waals surface area contributed by atoms with Gasteiger partial charge in [0.25, 0.3) is 5.91 Å². The number of methoxy groups -OCH3 is 3. The summed E-state index contributed by atoms with van der Waals surface area (Å²) in [5, 5.41) is 2.95. The van der Waals surface area contributed by atoms with E-state index in [0.29, 0.717) is 22.6 Å². The second-order valence-corrected chi connectivity index (χ2v) is 7.75. The molecule has 0 saturated heterocycles. The third-order valence-corrected chi connectivity index (χ3v) is 5.49. The van der Waals surface area contributed by atoms with Gasteiger partial charge in [-0.05, 0) is 37.3 Å². The number of rotatable bonds is 9. The Morgan fingerprint density at radius 1 is 0.829 bits per heavy atom. The zero-order chi connectivity index (χ0) is 25.5. The normalized spacial score (nSPS) is 10.3. The molecule has 3 aromatic carbocycles. The first-order chi connectivity index (χ1) is 16.8. The molecule has 3 aromatic rings. The second kappa shape index (κ2) is 11.4. The quantitative estimate of drug-likeness (QED) is 0.321. The monoisotopic (exact) mass is 497 g/mol. The molecule has 9 heteroatoms. The number of carbonyl (C=O) groups excluding carboxylic acids is 3. The van der Waals surface area contributed by atoms with Gasteiger partial charge in [-0.2, -0.15) is 0 Å². The summed E-state index contributed by atoms with van der Waals surface area (Å²) in [4.78, 5) is 37.7. The van der Waals surface area contributed by atoms with Crippen molar-refractivity contribution in [2.75, 3.05) is 26.6 Å². The first kappa shape index (κ1) is 25.6. The minimum atomic E-state index is -0.740. The second-order valence-electron chi connectivity index (χ2n) is 7.35. The van der Waals surface area contributed by atoms with Gasteiger partial charge in [-0.15, -0.1) is 0 Å². The first-order valence-corrected chi connectivity index (χ1v) is 10.8. The van der Waals surface area contributed by atoms with Crippen molar-refractivity contribution in [1.29, 1.82) is 0 Å². The van der Waals surface area contributed by atoms with Crippen LogP contribution in [-0.4, -0.2) is 39.0 Å². The zero-order valence-electron chi connectivity index (χ0n) is 19.6. The summed E-state index contributed by atoms with van der Waals surface area (Å²) in [5.41, 5.74) is 1.37. The summed E-state index contributed by atoms with van der Waals surface area (Å²) < 4.78 is 21.4. The smallest absolute Gasteiger partial charge is 0.340 e. The fourth-order valence-electron chi connectivity index (χ4n) is 3.32. The maximum Gasteiger partial charge on any atom is 0.340 e. The Morgan fingerprint density at radius 2 is 1.49 bits per heavy atom. The lowest BCUT2D eigenvalue weighted by atomic mass is 10.1. The molecule has 0 radical (unpaired) electrons. The van der Waals surface area contributed by atoms with Crippen LogP contribution in [0.5, 0.6) is 17.2 Å². The summed E-state index contributed by atoms with van der Waals surface area (Å²) in [7, 11) is 4.33. The van der Waals surface area contributed by atoms with Crippen molar-refractivity contribution in [3.05, 3.63) is 81.9 Å². The average Bonchev–Trinajstić information content (AvgIpc) is 2.86. The van der Waals surface area contributed by atoms with Crippen molar-refractivity contribution in [3.63, 3.8) is 0 Å². The number of Topliss-reactive ketones (excluding diaryl/α,β-unsaturated/α-hetero) is 1. The van der Waals surface area contributed by atoms with E-state index in [1.807, 2.05) is 0 Å². The molecule has 1 amide bonds. The predicted octanol–water partition coefficient (Wildman–Crippen LogP) is 5.18. The predicted molar refractivity (Wildman–Crippen MR) is 131 cm³/mol. The number of anilines is 1. The molecule has 0 aromatic heterocycles. The molecule has 0 aliphatic heterocycles. The maximum atomic E-state index is 13.1. The highest BCUT2D eigenvalue weighted by molar-refractivity contribution is 6.34. The number of esters is 1. The standard InChI is InChI=1S/C26H24ClNO7/c1-15(29)16-9-10-22(32-2)17(11-16)14-35-26(31)19-12-23(33-3)24(34-4)13-21(19)28-25(30)18-7-5-6-8-20(18)27/h5-13H,14H2,1-4H3,(H,28,30). The molecular formula is C26H24ClNO7. The van der Waals surface area contributed by atoms with Gasteiger partial charge in [0.2, 0.25) is 0 Å². The van der Waals surface area contributed by atoms with Crippen LogP contribution in [0.4, 0.5) is 5.69 Å². The Labute approximate surface area is 207 Å². The maximum absolute atomic E-state index is 13.1. The van der Waals surface area contributed by atoms with E-state index in [1.165, 1.54) is 40.4 Å². The van der Waals surface area contributed by atoms with E-state index < -0.39 is 11.9 Å². The molecule has 0 spiro atoms. The molecule has 182 valence electrons. The van der Waals surface area contributed by atoms with Crippen LogP contribution in [0, 0.1) is 0 Å². The third-order valence-electron chi connectivity index (χ3n) is 5.16. The Kier molecular flexibility index (Phi) is 8.33. The van der Waals surface area contributed by atoms with E-state index in [1.54, 1.807) is 42.5 Å². The van der Waals surface area contributed by atoms with Crippen molar-refractivity contribution in [3.8, 4) is 17.2 Å². The molecule has 1 N–H and O–H groups in total. The Morgan fingerprint density at radius 3 is 2.11 bits per heavy atom. The number of carbonyl (C=O) groups is 3. The van der Waals surface area contributed by atoms with E-state index in [-0.39, 0.29) is 40.0 Å². The van der Waals surface area contributed by atoms with Gasteiger partial charge in [0, 0.05) is 23.3 Å². The van der Waals surface area contributed by atoms with Crippen molar-refractivity contribution < 1.29 is 33.3 Å². The van der Waals surface area contributed by atoms with Crippen LogP contribution in [-0.2, 0) is 11.3 Å². The van der Waals surface area contributed by atoms with Crippen LogP contribution in [0.3, 0.4) is 0 Å². The van der Waals surface area contributed by atoms with E-state index in [9.17, 15) is 14.4 Å². The Hall–Kier alpha value is -4.04. The van der Waals surface area contributed by atoms with E-state index >= 15 is 0 Å². The number of hydrogen-bond acceptors (Lipinski definition) is 7. The van der Waals surface area contributed by atoms with Crippen LogP contribution in [0.2, 0.25) is 5.02 Å². The molecule has 0 saturated carbocycles. The molecule has 3 rings (SSSR count). The van der Waals surface area contributed by atoms with Crippen molar-refractivity contribution in [2.24, 2.45) is 0 Å². The highest BCUT2D eigenvalue weighted by atomic mass is 35.5. The average molecular weight is 498 g/mol. The number of amides is 1.